The number of nitrogens with one attached hydrogen (secondary N) is 2. The smallest absolute Gasteiger partial charge is 0.261 e. The first kappa shape index (κ1) is 19.3. The summed E-state index contributed by atoms with van der Waals surface area (Å²) in [6.45, 7) is 1.01. The predicted octanol–water partition coefficient (Wildman–Crippen LogP) is 2.00. The van der Waals surface area contributed by atoms with Gasteiger partial charge in [-0.1, -0.05) is 12.5 Å². The van der Waals surface area contributed by atoms with Crippen LogP contribution in [-0.4, -0.2) is 43.5 Å². The molecule has 0 aliphatic carbocycles. The molecule has 150 valence electrons. The molecule has 4 rings (SSSR count). The zero-order chi connectivity index (χ0) is 20.6. The van der Waals surface area contributed by atoms with Crippen molar-refractivity contribution in [3.8, 4) is 0 Å². The lowest BCUT2D eigenvalue weighted by Gasteiger charge is -2.25. The molecule has 0 radical (unpaired) electrons. The Morgan fingerprint density at radius 1 is 0.931 bits per heavy atom. The van der Waals surface area contributed by atoms with E-state index < -0.39 is 27.7 Å². The quantitative estimate of drug-likeness (QED) is 0.745. The fourth-order valence-electron chi connectivity index (χ4n) is 3.55. The van der Waals surface area contributed by atoms with E-state index in [9.17, 15) is 22.8 Å². The zero-order valence-corrected chi connectivity index (χ0v) is 16.3. The first-order chi connectivity index (χ1) is 13.9. The number of anilines is 1. The third-order valence-corrected chi connectivity index (χ3v) is 6.99. The Hall–Kier alpha value is -3.04. The van der Waals surface area contributed by atoms with Gasteiger partial charge in [0.2, 0.25) is 10.0 Å². The van der Waals surface area contributed by atoms with Crippen LogP contribution < -0.4 is 10.6 Å². The minimum Gasteiger partial charge on any atom is -0.321 e. The molecule has 2 heterocycles. The molecule has 2 N–H and O–H groups in total. The van der Waals surface area contributed by atoms with E-state index in [1.165, 1.54) is 40.7 Å². The van der Waals surface area contributed by atoms with Gasteiger partial charge in [0.05, 0.1) is 21.7 Å². The monoisotopic (exact) mass is 413 g/mol. The van der Waals surface area contributed by atoms with E-state index in [0.717, 1.165) is 19.3 Å². The van der Waals surface area contributed by atoms with Crippen LogP contribution in [-0.2, 0) is 10.0 Å². The maximum atomic E-state index is 12.7. The van der Waals surface area contributed by atoms with Crippen LogP contribution in [0, 0.1) is 0 Å². The Morgan fingerprint density at radius 3 is 2.31 bits per heavy atom. The summed E-state index contributed by atoms with van der Waals surface area (Å²) >= 11 is 0. The van der Waals surface area contributed by atoms with Crippen molar-refractivity contribution in [1.82, 2.24) is 9.62 Å². The number of hydrogen-bond donors (Lipinski definition) is 2. The molecule has 2 aliphatic rings. The number of nitrogens with zero attached hydrogens (tertiary/aromatic N) is 1. The van der Waals surface area contributed by atoms with Crippen LogP contribution >= 0.6 is 0 Å². The van der Waals surface area contributed by atoms with Crippen molar-refractivity contribution in [1.29, 1.82) is 0 Å². The Balaban J connectivity index is 1.54. The second-order valence-corrected chi connectivity index (χ2v) is 8.89. The molecule has 0 bridgehead atoms. The van der Waals surface area contributed by atoms with E-state index in [1.807, 2.05) is 0 Å². The summed E-state index contributed by atoms with van der Waals surface area (Å²) in [5.74, 6) is -1.58. The van der Waals surface area contributed by atoms with Crippen LogP contribution in [0.2, 0.25) is 0 Å². The highest BCUT2D eigenvalue weighted by Crippen LogP contribution is 2.25. The van der Waals surface area contributed by atoms with Crippen molar-refractivity contribution in [3.05, 3.63) is 59.2 Å². The Labute approximate surface area is 168 Å². The number of benzene rings is 2. The summed E-state index contributed by atoms with van der Waals surface area (Å²) in [4.78, 5) is 36.4. The molecule has 2 aliphatic heterocycles. The summed E-state index contributed by atoms with van der Waals surface area (Å²) in [5.41, 5.74) is 0.789. The maximum absolute atomic E-state index is 12.7. The van der Waals surface area contributed by atoms with E-state index in [0.29, 0.717) is 13.1 Å². The van der Waals surface area contributed by atoms with Crippen molar-refractivity contribution in [2.75, 3.05) is 18.4 Å². The van der Waals surface area contributed by atoms with E-state index in [2.05, 4.69) is 10.6 Å². The minimum atomic E-state index is -3.57. The first-order valence-electron chi connectivity index (χ1n) is 9.28. The molecule has 0 aromatic heterocycles. The van der Waals surface area contributed by atoms with Crippen molar-refractivity contribution in [2.45, 2.75) is 24.2 Å². The summed E-state index contributed by atoms with van der Waals surface area (Å²) in [7, 11) is -3.57. The summed E-state index contributed by atoms with van der Waals surface area (Å²) in [6, 6.07) is 10.3. The highest BCUT2D eigenvalue weighted by Gasteiger charge is 2.30. The molecule has 1 fully saturated rings. The average Bonchev–Trinajstić information content (AvgIpc) is 3.03. The van der Waals surface area contributed by atoms with Gasteiger partial charge in [0.15, 0.2) is 0 Å². The topological polar surface area (TPSA) is 113 Å². The standard InChI is InChI=1S/C20H19N3O5S/c24-18(21-16-6-4-5-15-17(16)20(26)22-19(15)25)13-7-9-14(10-8-13)29(27,28)23-11-2-1-3-12-23/h4-10H,1-3,11-12H2,(H,21,24)(H,22,25,26). The molecule has 8 nitrogen and oxygen atoms in total. The van der Waals surface area contributed by atoms with Crippen LogP contribution in [0.3, 0.4) is 0 Å². The summed E-state index contributed by atoms with van der Waals surface area (Å²) < 4.78 is 26.9. The first-order valence-corrected chi connectivity index (χ1v) is 10.7. The fraction of sp³-hybridized carbons (Fsp3) is 0.250. The number of sulfonamides is 1. The second-order valence-electron chi connectivity index (χ2n) is 6.95. The largest absolute Gasteiger partial charge is 0.321 e. The van der Waals surface area contributed by atoms with Gasteiger partial charge < -0.3 is 5.32 Å². The average molecular weight is 413 g/mol. The van der Waals surface area contributed by atoms with Crippen LogP contribution in [0.1, 0.15) is 50.3 Å². The van der Waals surface area contributed by atoms with Crippen molar-refractivity contribution in [2.24, 2.45) is 0 Å². The number of piperidine rings is 1. The number of rotatable bonds is 4. The normalized spacial score (nSPS) is 17.0. The molecule has 0 saturated carbocycles. The van der Waals surface area contributed by atoms with Gasteiger partial charge in [0, 0.05) is 18.7 Å². The zero-order valence-electron chi connectivity index (χ0n) is 15.5. The second kappa shape index (κ2) is 7.41. The Bertz CT molecular complexity index is 1100. The third-order valence-electron chi connectivity index (χ3n) is 5.08. The van der Waals surface area contributed by atoms with Crippen LogP contribution in [0.25, 0.3) is 0 Å². The molecular weight excluding hydrogens is 394 g/mol. The number of imide groups is 1. The SMILES string of the molecule is O=C(Nc1cccc2c1C(=O)NC2=O)c1ccc(S(=O)(=O)N2CCCCC2)cc1. The lowest BCUT2D eigenvalue weighted by Crippen LogP contribution is -2.35. The van der Waals surface area contributed by atoms with E-state index >= 15 is 0 Å². The van der Waals surface area contributed by atoms with Crippen LogP contribution in [0.15, 0.2) is 47.4 Å². The van der Waals surface area contributed by atoms with Crippen molar-refractivity contribution in [3.63, 3.8) is 0 Å². The fourth-order valence-corrected chi connectivity index (χ4v) is 5.07. The summed E-state index contributed by atoms with van der Waals surface area (Å²) in [5, 5.41) is 4.81. The van der Waals surface area contributed by atoms with E-state index in [1.54, 1.807) is 6.07 Å². The molecule has 3 amide bonds. The third kappa shape index (κ3) is 3.54. The molecule has 2 aromatic rings. The van der Waals surface area contributed by atoms with Gasteiger partial charge in [-0.05, 0) is 49.2 Å². The number of carbonyl (C=O) groups excluding carboxylic acids is 3. The van der Waals surface area contributed by atoms with Crippen LogP contribution in [0.4, 0.5) is 5.69 Å². The Kier molecular flexibility index (Phi) is 4.93. The van der Waals surface area contributed by atoms with E-state index in [-0.39, 0.29) is 27.3 Å². The van der Waals surface area contributed by atoms with Gasteiger partial charge >= 0.3 is 0 Å². The number of carbonyl (C=O) groups is 3. The highest BCUT2D eigenvalue weighted by atomic mass is 32.2. The highest BCUT2D eigenvalue weighted by molar-refractivity contribution is 7.89. The summed E-state index contributed by atoms with van der Waals surface area (Å²) in [6.07, 6.45) is 2.71. The number of hydrogen-bond acceptors (Lipinski definition) is 5. The molecule has 1 saturated heterocycles. The van der Waals surface area contributed by atoms with Crippen molar-refractivity contribution >= 4 is 33.4 Å². The van der Waals surface area contributed by atoms with Gasteiger partial charge in [-0.2, -0.15) is 4.31 Å². The molecule has 0 spiro atoms. The van der Waals surface area contributed by atoms with Gasteiger partial charge in [0.1, 0.15) is 0 Å². The maximum Gasteiger partial charge on any atom is 0.261 e. The molecule has 2 aromatic carbocycles. The number of amides is 3. The van der Waals surface area contributed by atoms with Gasteiger partial charge in [-0.3, -0.25) is 19.7 Å². The predicted molar refractivity (Wildman–Crippen MR) is 105 cm³/mol. The van der Waals surface area contributed by atoms with Crippen LogP contribution in [0.5, 0.6) is 0 Å². The van der Waals surface area contributed by atoms with Crippen molar-refractivity contribution < 1.29 is 22.8 Å². The molecular formula is C20H19N3O5S. The molecule has 29 heavy (non-hydrogen) atoms. The lowest BCUT2D eigenvalue weighted by molar-refractivity contribution is 0.0879. The Morgan fingerprint density at radius 2 is 1.62 bits per heavy atom. The van der Waals surface area contributed by atoms with Gasteiger partial charge in [-0.15, -0.1) is 0 Å². The number of fused-ring (bicyclic) bond motifs is 1. The van der Waals surface area contributed by atoms with Gasteiger partial charge in [-0.25, -0.2) is 8.42 Å². The van der Waals surface area contributed by atoms with Gasteiger partial charge in [0.25, 0.3) is 17.7 Å². The molecule has 0 atom stereocenters. The molecule has 0 unspecified atom stereocenters. The minimum absolute atomic E-state index is 0.121. The lowest BCUT2D eigenvalue weighted by atomic mass is 10.1. The van der Waals surface area contributed by atoms with E-state index in [4.69, 9.17) is 0 Å². The molecule has 9 heteroatoms.